The minimum absolute atomic E-state index is 0.0139. The third-order valence-electron chi connectivity index (χ3n) is 4.14. The molecule has 1 aromatic heterocycles. The lowest BCUT2D eigenvalue weighted by atomic mass is 10.1. The molecular formula is C18H23N3O3. The molecule has 2 aromatic rings. The van der Waals surface area contributed by atoms with Crippen molar-refractivity contribution >= 4 is 5.91 Å². The van der Waals surface area contributed by atoms with Gasteiger partial charge in [0.05, 0.1) is 31.6 Å². The Morgan fingerprint density at radius 2 is 2.21 bits per heavy atom. The van der Waals surface area contributed by atoms with Crippen LogP contribution in [0.15, 0.2) is 42.7 Å². The molecule has 1 amide bonds. The Bertz CT molecular complexity index is 616. The van der Waals surface area contributed by atoms with Crippen LogP contribution in [-0.2, 0) is 27.3 Å². The van der Waals surface area contributed by atoms with E-state index in [1.807, 2.05) is 36.5 Å². The summed E-state index contributed by atoms with van der Waals surface area (Å²) in [5.41, 5.74) is 2.16. The van der Waals surface area contributed by atoms with Crippen LogP contribution in [0.1, 0.15) is 24.0 Å². The number of aromatic nitrogens is 2. The van der Waals surface area contributed by atoms with Crippen molar-refractivity contribution in [1.82, 2.24) is 15.5 Å². The van der Waals surface area contributed by atoms with Gasteiger partial charge in [-0.05, 0) is 24.0 Å². The second kappa shape index (κ2) is 8.61. The summed E-state index contributed by atoms with van der Waals surface area (Å²) in [5, 5.41) is 9.68. The van der Waals surface area contributed by atoms with Crippen LogP contribution < -0.4 is 5.32 Å². The number of amides is 1. The Morgan fingerprint density at radius 1 is 1.33 bits per heavy atom. The van der Waals surface area contributed by atoms with Gasteiger partial charge in [0.2, 0.25) is 5.91 Å². The number of rotatable bonds is 7. The lowest BCUT2D eigenvalue weighted by molar-refractivity contribution is -0.126. The first-order valence-corrected chi connectivity index (χ1v) is 8.31. The van der Waals surface area contributed by atoms with Crippen molar-refractivity contribution in [3.8, 4) is 0 Å². The van der Waals surface area contributed by atoms with E-state index < -0.39 is 0 Å². The van der Waals surface area contributed by atoms with E-state index in [-0.39, 0.29) is 18.1 Å². The molecular weight excluding hydrogens is 306 g/mol. The van der Waals surface area contributed by atoms with Crippen LogP contribution in [0.2, 0.25) is 0 Å². The second-order valence-corrected chi connectivity index (χ2v) is 5.98. The van der Waals surface area contributed by atoms with E-state index in [1.165, 1.54) is 0 Å². The molecule has 6 nitrogen and oxygen atoms in total. The van der Waals surface area contributed by atoms with Gasteiger partial charge in [0.15, 0.2) is 0 Å². The quantitative estimate of drug-likeness (QED) is 0.812. The first-order chi connectivity index (χ1) is 11.8. The summed E-state index contributed by atoms with van der Waals surface area (Å²) in [4.78, 5) is 12.2. The zero-order chi connectivity index (χ0) is 16.6. The van der Waals surface area contributed by atoms with E-state index in [0.717, 1.165) is 17.5 Å². The Morgan fingerprint density at radius 3 is 3.00 bits per heavy atom. The minimum Gasteiger partial charge on any atom is -0.379 e. The van der Waals surface area contributed by atoms with Gasteiger partial charge < -0.3 is 14.8 Å². The number of hydrogen-bond donors (Lipinski definition) is 2. The Balaban J connectivity index is 1.47. The van der Waals surface area contributed by atoms with Gasteiger partial charge in [0.1, 0.15) is 0 Å². The molecule has 1 saturated heterocycles. The maximum atomic E-state index is 12.2. The van der Waals surface area contributed by atoms with E-state index in [1.54, 1.807) is 6.20 Å². The van der Waals surface area contributed by atoms with Gasteiger partial charge in [0.25, 0.3) is 0 Å². The summed E-state index contributed by atoms with van der Waals surface area (Å²) in [5.74, 6) is 0.0139. The number of benzene rings is 1. The van der Waals surface area contributed by atoms with Gasteiger partial charge in [-0.1, -0.05) is 30.3 Å². The van der Waals surface area contributed by atoms with E-state index in [9.17, 15) is 4.79 Å². The molecule has 0 radical (unpaired) electrons. The van der Waals surface area contributed by atoms with Crippen molar-refractivity contribution in [2.45, 2.75) is 38.0 Å². The predicted octanol–water partition coefficient (Wildman–Crippen LogP) is 1.83. The van der Waals surface area contributed by atoms with Gasteiger partial charge in [-0.2, -0.15) is 5.10 Å². The summed E-state index contributed by atoms with van der Waals surface area (Å²) in [7, 11) is 0. The first kappa shape index (κ1) is 16.7. The van der Waals surface area contributed by atoms with Crippen LogP contribution >= 0.6 is 0 Å². The molecule has 0 unspecified atom stereocenters. The molecule has 0 bridgehead atoms. The van der Waals surface area contributed by atoms with Crippen LogP contribution in [0.25, 0.3) is 0 Å². The molecule has 0 aliphatic carbocycles. The molecule has 1 aromatic carbocycles. The summed E-state index contributed by atoms with van der Waals surface area (Å²) >= 11 is 0. The largest absolute Gasteiger partial charge is 0.379 e. The maximum absolute atomic E-state index is 12.2. The van der Waals surface area contributed by atoms with Crippen LogP contribution in [0, 0.1) is 0 Å². The summed E-state index contributed by atoms with van der Waals surface area (Å²) in [6.45, 7) is 1.71. The third kappa shape index (κ3) is 4.91. The molecule has 2 heterocycles. The van der Waals surface area contributed by atoms with Gasteiger partial charge in [-0.15, -0.1) is 0 Å². The van der Waals surface area contributed by atoms with Crippen molar-refractivity contribution in [3.63, 3.8) is 0 Å². The molecule has 2 atom stereocenters. The molecule has 2 N–H and O–H groups in total. The monoisotopic (exact) mass is 329 g/mol. The molecule has 1 aliphatic heterocycles. The molecule has 3 rings (SSSR count). The highest BCUT2D eigenvalue weighted by Gasteiger charge is 2.27. The van der Waals surface area contributed by atoms with Gasteiger partial charge in [-0.25, -0.2) is 0 Å². The highest BCUT2D eigenvalue weighted by Crippen LogP contribution is 2.15. The molecule has 6 heteroatoms. The fraction of sp³-hybridized carbons (Fsp3) is 0.444. The molecule has 0 saturated carbocycles. The summed E-state index contributed by atoms with van der Waals surface area (Å²) in [6, 6.07) is 9.96. The SMILES string of the molecule is O=C(CCc1cn[nH]c1)N[C@@H]1COCC[C@@H]1OCc1ccccc1. The average molecular weight is 329 g/mol. The maximum Gasteiger partial charge on any atom is 0.220 e. The van der Waals surface area contributed by atoms with Gasteiger partial charge in [0, 0.05) is 19.2 Å². The van der Waals surface area contributed by atoms with Crippen molar-refractivity contribution in [1.29, 1.82) is 0 Å². The number of nitrogens with zero attached hydrogens (tertiary/aromatic N) is 1. The van der Waals surface area contributed by atoms with Crippen molar-refractivity contribution in [2.75, 3.05) is 13.2 Å². The number of nitrogens with one attached hydrogen (secondary N) is 2. The number of aryl methyl sites for hydroxylation is 1. The van der Waals surface area contributed by atoms with E-state index in [0.29, 0.717) is 32.7 Å². The van der Waals surface area contributed by atoms with Crippen molar-refractivity contribution in [3.05, 3.63) is 53.9 Å². The smallest absolute Gasteiger partial charge is 0.220 e. The Labute approximate surface area is 141 Å². The number of carbonyl (C=O) groups is 1. The van der Waals surface area contributed by atoms with Gasteiger partial charge in [-0.3, -0.25) is 9.89 Å². The molecule has 0 spiro atoms. The van der Waals surface area contributed by atoms with Crippen molar-refractivity contribution in [2.24, 2.45) is 0 Å². The lowest BCUT2D eigenvalue weighted by Crippen LogP contribution is -2.50. The van der Waals surface area contributed by atoms with Crippen LogP contribution in [-0.4, -0.2) is 41.5 Å². The molecule has 1 fully saturated rings. The zero-order valence-electron chi connectivity index (χ0n) is 13.6. The number of carbonyl (C=O) groups excluding carboxylic acids is 1. The standard InChI is InChI=1S/C18H23N3O3/c22-18(7-6-15-10-19-20-11-15)21-16-13-23-9-8-17(16)24-12-14-4-2-1-3-5-14/h1-5,10-11,16-17H,6-9,12-13H2,(H,19,20)(H,21,22)/t16-,17+/m1/s1. The number of hydrogen-bond acceptors (Lipinski definition) is 4. The van der Waals surface area contributed by atoms with E-state index in [4.69, 9.17) is 9.47 Å². The normalized spacial score (nSPS) is 20.7. The second-order valence-electron chi connectivity index (χ2n) is 5.98. The van der Waals surface area contributed by atoms with Crippen LogP contribution in [0.4, 0.5) is 0 Å². The topological polar surface area (TPSA) is 76.2 Å². The van der Waals surface area contributed by atoms with E-state index in [2.05, 4.69) is 15.5 Å². The summed E-state index contributed by atoms with van der Waals surface area (Å²) in [6.07, 6.45) is 5.43. The molecule has 128 valence electrons. The summed E-state index contributed by atoms with van der Waals surface area (Å²) < 4.78 is 11.5. The Kier molecular flexibility index (Phi) is 5.98. The molecule has 24 heavy (non-hydrogen) atoms. The third-order valence-corrected chi connectivity index (χ3v) is 4.14. The number of ether oxygens (including phenoxy) is 2. The zero-order valence-corrected chi connectivity index (χ0v) is 13.6. The minimum atomic E-state index is -0.0979. The molecule has 1 aliphatic rings. The highest BCUT2D eigenvalue weighted by atomic mass is 16.5. The van der Waals surface area contributed by atoms with Crippen molar-refractivity contribution < 1.29 is 14.3 Å². The lowest BCUT2D eigenvalue weighted by Gasteiger charge is -2.32. The van der Waals surface area contributed by atoms with Crippen LogP contribution in [0.5, 0.6) is 0 Å². The average Bonchev–Trinajstić information content (AvgIpc) is 3.14. The number of aromatic amines is 1. The highest BCUT2D eigenvalue weighted by molar-refractivity contribution is 5.76. The van der Waals surface area contributed by atoms with Crippen LogP contribution in [0.3, 0.4) is 0 Å². The van der Waals surface area contributed by atoms with E-state index >= 15 is 0 Å². The van der Waals surface area contributed by atoms with Gasteiger partial charge >= 0.3 is 0 Å². The predicted molar refractivity (Wildman–Crippen MR) is 89.3 cm³/mol. The fourth-order valence-corrected chi connectivity index (χ4v) is 2.78. The first-order valence-electron chi connectivity index (χ1n) is 8.31. The number of H-pyrrole nitrogens is 1. The Hall–Kier alpha value is -2.18. The fourth-order valence-electron chi connectivity index (χ4n) is 2.78.